The summed E-state index contributed by atoms with van der Waals surface area (Å²) in [6, 6.07) is 11.4. The maximum Gasteiger partial charge on any atom is 0.260 e. The maximum absolute atomic E-state index is 13.4. The van der Waals surface area contributed by atoms with Crippen molar-refractivity contribution in [3.05, 3.63) is 53.1 Å². The van der Waals surface area contributed by atoms with Gasteiger partial charge < -0.3 is 9.47 Å². The van der Waals surface area contributed by atoms with Gasteiger partial charge in [0.15, 0.2) is 5.13 Å². The van der Waals surface area contributed by atoms with Crippen LogP contribution in [0.15, 0.2) is 36.4 Å². The second kappa shape index (κ2) is 7.89. The zero-order chi connectivity index (χ0) is 19.7. The first kappa shape index (κ1) is 18.9. The number of thiazole rings is 1. The first-order chi connectivity index (χ1) is 13.6. The number of carbonyl (C=O) groups is 1. The lowest BCUT2D eigenvalue weighted by atomic mass is 10.1. The molecule has 0 bridgehead atoms. The van der Waals surface area contributed by atoms with E-state index in [1.54, 1.807) is 35.5 Å². The van der Waals surface area contributed by atoms with Gasteiger partial charge in [-0.05, 0) is 68.1 Å². The van der Waals surface area contributed by atoms with Crippen molar-refractivity contribution < 1.29 is 14.3 Å². The van der Waals surface area contributed by atoms with Gasteiger partial charge in [-0.1, -0.05) is 17.4 Å². The topological polar surface area (TPSA) is 51.7 Å². The summed E-state index contributed by atoms with van der Waals surface area (Å²) in [6.07, 6.45) is 2.06. The van der Waals surface area contributed by atoms with Gasteiger partial charge >= 0.3 is 0 Å². The Bertz CT molecular complexity index is 991. The van der Waals surface area contributed by atoms with Crippen LogP contribution in [0.1, 0.15) is 34.3 Å². The SMILES string of the molecule is COc1ccc(C(=O)N(CC2CCCO2)c2nc3c(C)c(C)ccc3s2)cc1. The summed E-state index contributed by atoms with van der Waals surface area (Å²) in [7, 11) is 1.62. The van der Waals surface area contributed by atoms with E-state index in [0.29, 0.717) is 12.1 Å². The fourth-order valence-corrected chi connectivity index (χ4v) is 4.49. The predicted octanol–water partition coefficient (Wildman–Crippen LogP) is 4.75. The highest BCUT2D eigenvalue weighted by atomic mass is 32.1. The third kappa shape index (κ3) is 3.62. The van der Waals surface area contributed by atoms with Crippen LogP contribution in [0.3, 0.4) is 0 Å². The zero-order valence-corrected chi connectivity index (χ0v) is 17.2. The summed E-state index contributed by atoms with van der Waals surface area (Å²) >= 11 is 1.56. The van der Waals surface area contributed by atoms with E-state index in [2.05, 4.69) is 26.0 Å². The van der Waals surface area contributed by atoms with Gasteiger partial charge in [-0.25, -0.2) is 4.98 Å². The molecule has 0 N–H and O–H groups in total. The largest absolute Gasteiger partial charge is 0.497 e. The Morgan fingerprint density at radius 1 is 1.25 bits per heavy atom. The van der Waals surface area contributed by atoms with Crippen LogP contribution < -0.4 is 9.64 Å². The molecular formula is C22H24N2O3S. The van der Waals surface area contributed by atoms with Crippen LogP contribution in [0.4, 0.5) is 5.13 Å². The van der Waals surface area contributed by atoms with E-state index < -0.39 is 0 Å². The maximum atomic E-state index is 13.4. The number of fused-ring (bicyclic) bond motifs is 1. The van der Waals surface area contributed by atoms with Crippen LogP contribution in [-0.4, -0.2) is 37.3 Å². The first-order valence-corrected chi connectivity index (χ1v) is 10.3. The number of hydrogen-bond acceptors (Lipinski definition) is 5. The molecule has 1 unspecified atom stereocenters. The number of ether oxygens (including phenoxy) is 2. The molecule has 1 aliphatic heterocycles. The minimum atomic E-state index is -0.0633. The lowest BCUT2D eigenvalue weighted by molar-refractivity contribution is 0.0917. The van der Waals surface area contributed by atoms with Gasteiger partial charge in [-0.2, -0.15) is 0 Å². The van der Waals surface area contributed by atoms with Gasteiger partial charge in [-0.3, -0.25) is 9.69 Å². The number of anilines is 1. The molecule has 1 amide bonds. The Labute approximate surface area is 168 Å². The molecule has 1 atom stereocenters. The summed E-state index contributed by atoms with van der Waals surface area (Å²) in [5.41, 5.74) is 3.95. The first-order valence-electron chi connectivity index (χ1n) is 9.51. The van der Waals surface area contributed by atoms with Crippen molar-refractivity contribution in [1.29, 1.82) is 0 Å². The minimum absolute atomic E-state index is 0.0528. The standard InChI is InChI=1S/C22H24N2O3S/c1-14-6-11-19-20(15(14)2)23-22(28-19)24(13-18-5-4-12-27-18)21(25)16-7-9-17(26-3)10-8-16/h6-11,18H,4-5,12-13H2,1-3H3. The molecule has 3 aromatic rings. The smallest absolute Gasteiger partial charge is 0.260 e. The Hall–Kier alpha value is -2.44. The average Bonchev–Trinajstić information content (AvgIpc) is 3.38. The second-order valence-corrected chi connectivity index (χ2v) is 8.14. The highest BCUT2D eigenvalue weighted by Crippen LogP contribution is 2.33. The molecule has 1 fully saturated rings. The molecule has 1 saturated heterocycles. The predicted molar refractivity (Wildman–Crippen MR) is 113 cm³/mol. The normalized spacial score (nSPS) is 16.5. The van der Waals surface area contributed by atoms with E-state index in [1.807, 2.05) is 12.1 Å². The number of rotatable bonds is 5. The second-order valence-electron chi connectivity index (χ2n) is 7.13. The van der Waals surface area contributed by atoms with Crippen LogP contribution in [0.5, 0.6) is 5.75 Å². The van der Waals surface area contributed by atoms with Crippen LogP contribution in [0, 0.1) is 13.8 Å². The van der Waals surface area contributed by atoms with Crippen LogP contribution in [0.2, 0.25) is 0 Å². The van der Waals surface area contributed by atoms with E-state index in [-0.39, 0.29) is 12.0 Å². The third-order valence-corrected chi connectivity index (χ3v) is 6.34. The lowest BCUT2D eigenvalue weighted by Gasteiger charge is -2.23. The number of aromatic nitrogens is 1. The Kier molecular flexibility index (Phi) is 5.33. The van der Waals surface area contributed by atoms with Crippen LogP contribution in [0.25, 0.3) is 10.2 Å². The molecule has 5 nitrogen and oxygen atoms in total. The van der Waals surface area contributed by atoms with E-state index in [0.717, 1.165) is 46.1 Å². The molecule has 2 aromatic carbocycles. The van der Waals surface area contributed by atoms with Crippen molar-refractivity contribution in [3.8, 4) is 5.75 Å². The molecule has 0 aliphatic carbocycles. The van der Waals surface area contributed by atoms with Crippen molar-refractivity contribution in [2.24, 2.45) is 0 Å². The van der Waals surface area contributed by atoms with Gasteiger partial charge in [0.05, 0.1) is 30.0 Å². The highest BCUT2D eigenvalue weighted by Gasteiger charge is 2.27. The van der Waals surface area contributed by atoms with Crippen molar-refractivity contribution in [3.63, 3.8) is 0 Å². The monoisotopic (exact) mass is 396 g/mol. The average molecular weight is 397 g/mol. The number of methoxy groups -OCH3 is 1. The highest BCUT2D eigenvalue weighted by molar-refractivity contribution is 7.22. The van der Waals surface area contributed by atoms with Crippen molar-refractivity contribution in [1.82, 2.24) is 4.98 Å². The van der Waals surface area contributed by atoms with Crippen LogP contribution >= 0.6 is 11.3 Å². The summed E-state index contributed by atoms with van der Waals surface area (Å²) in [5.74, 6) is 0.667. The van der Waals surface area contributed by atoms with E-state index in [9.17, 15) is 4.79 Å². The molecule has 0 radical (unpaired) electrons. The van der Waals surface area contributed by atoms with Gasteiger partial charge in [0.2, 0.25) is 0 Å². The summed E-state index contributed by atoms with van der Waals surface area (Å²) in [6.45, 7) is 5.44. The summed E-state index contributed by atoms with van der Waals surface area (Å²) < 4.78 is 12.1. The molecule has 2 heterocycles. The van der Waals surface area contributed by atoms with E-state index >= 15 is 0 Å². The molecule has 4 rings (SSSR count). The molecule has 1 aromatic heterocycles. The summed E-state index contributed by atoms with van der Waals surface area (Å²) in [5, 5.41) is 0.722. The lowest BCUT2D eigenvalue weighted by Crippen LogP contribution is -2.37. The fourth-order valence-electron chi connectivity index (χ4n) is 3.46. The van der Waals surface area contributed by atoms with Gasteiger partial charge in [0.25, 0.3) is 5.91 Å². The van der Waals surface area contributed by atoms with E-state index in [1.165, 1.54) is 5.56 Å². The van der Waals surface area contributed by atoms with Gasteiger partial charge in [0.1, 0.15) is 5.75 Å². The molecule has 6 heteroatoms. The molecule has 146 valence electrons. The molecule has 0 spiro atoms. The number of nitrogens with zero attached hydrogens (tertiary/aromatic N) is 2. The minimum Gasteiger partial charge on any atom is -0.497 e. The number of hydrogen-bond donors (Lipinski definition) is 0. The Balaban J connectivity index is 1.72. The zero-order valence-electron chi connectivity index (χ0n) is 16.4. The Morgan fingerprint density at radius 2 is 2.04 bits per heavy atom. The molecule has 1 aliphatic rings. The van der Waals surface area contributed by atoms with Gasteiger partial charge in [-0.15, -0.1) is 0 Å². The molecular weight excluding hydrogens is 372 g/mol. The van der Waals surface area contributed by atoms with Crippen molar-refractivity contribution >= 4 is 32.6 Å². The molecule has 28 heavy (non-hydrogen) atoms. The number of carbonyl (C=O) groups excluding carboxylic acids is 1. The summed E-state index contributed by atoms with van der Waals surface area (Å²) in [4.78, 5) is 20.0. The molecule has 0 saturated carbocycles. The Morgan fingerprint density at radius 3 is 2.71 bits per heavy atom. The third-order valence-electron chi connectivity index (χ3n) is 5.30. The fraction of sp³-hybridized carbons (Fsp3) is 0.364. The number of aryl methyl sites for hydroxylation is 2. The van der Waals surface area contributed by atoms with Crippen molar-refractivity contribution in [2.75, 3.05) is 25.2 Å². The number of amides is 1. The number of benzene rings is 2. The van der Waals surface area contributed by atoms with Crippen molar-refractivity contribution in [2.45, 2.75) is 32.8 Å². The van der Waals surface area contributed by atoms with E-state index in [4.69, 9.17) is 14.5 Å². The van der Waals surface area contributed by atoms with Gasteiger partial charge in [0, 0.05) is 12.2 Å². The quantitative estimate of drug-likeness (QED) is 0.625. The van der Waals surface area contributed by atoms with Crippen LogP contribution in [-0.2, 0) is 4.74 Å².